The van der Waals surface area contributed by atoms with Crippen LogP contribution in [0.25, 0.3) is 0 Å². The highest BCUT2D eigenvalue weighted by atomic mass is 14.8. The van der Waals surface area contributed by atoms with Gasteiger partial charge in [-0.05, 0) is 23.1 Å². The van der Waals surface area contributed by atoms with Crippen LogP contribution in [0.1, 0.15) is 26.3 Å². The van der Waals surface area contributed by atoms with E-state index >= 15 is 0 Å². The van der Waals surface area contributed by atoms with E-state index in [0.29, 0.717) is 0 Å². The van der Waals surface area contributed by atoms with Gasteiger partial charge >= 0.3 is 0 Å². The summed E-state index contributed by atoms with van der Waals surface area (Å²) in [7, 11) is 3.72. The average molecular weight is 163 g/mol. The lowest BCUT2D eigenvalue weighted by molar-refractivity contribution is -0.504. The minimum atomic E-state index is 0.250. The second-order valence-electron chi connectivity index (χ2n) is 4.08. The standard InChI is InChI=1S/C11H17N/c1-11(2,3)9-5-7-10(12-4)8-6-9/h5-8H,4,12H2,1-3H3. The molecule has 0 amide bonds. The summed E-state index contributed by atoms with van der Waals surface area (Å²) in [6.45, 7) is 6.65. The van der Waals surface area contributed by atoms with Crippen molar-refractivity contribution >= 4 is 5.69 Å². The summed E-state index contributed by atoms with van der Waals surface area (Å²) in [5, 5.41) is 1.87. The molecule has 66 valence electrons. The molecule has 12 heavy (non-hydrogen) atoms. The predicted molar refractivity (Wildman–Crippen MR) is 52.1 cm³/mol. The van der Waals surface area contributed by atoms with Crippen LogP contribution in [-0.4, -0.2) is 0 Å². The van der Waals surface area contributed by atoms with Gasteiger partial charge in [0.05, 0.1) is 0 Å². The Morgan fingerprint density at radius 3 is 1.92 bits per heavy atom. The molecule has 0 aliphatic carbocycles. The molecule has 0 spiro atoms. The van der Waals surface area contributed by atoms with Crippen molar-refractivity contribution in [1.82, 2.24) is 0 Å². The summed E-state index contributed by atoms with van der Waals surface area (Å²) in [5.74, 6) is 0. The molecular weight excluding hydrogens is 146 g/mol. The Morgan fingerprint density at radius 2 is 1.58 bits per heavy atom. The van der Waals surface area contributed by atoms with Crippen molar-refractivity contribution in [3.8, 4) is 0 Å². The first kappa shape index (κ1) is 9.27. The van der Waals surface area contributed by atoms with Crippen LogP contribution < -0.4 is 5.32 Å². The maximum absolute atomic E-state index is 3.72. The molecule has 0 unspecified atom stereocenters. The lowest BCUT2D eigenvalue weighted by Gasteiger charge is -2.18. The molecule has 1 rings (SSSR count). The highest BCUT2D eigenvalue weighted by Crippen LogP contribution is 2.22. The van der Waals surface area contributed by atoms with Crippen molar-refractivity contribution in [2.75, 3.05) is 0 Å². The molecule has 0 aliphatic heterocycles. The molecule has 0 saturated carbocycles. The molecule has 0 fully saturated rings. The van der Waals surface area contributed by atoms with E-state index in [9.17, 15) is 0 Å². The smallest absolute Gasteiger partial charge is 0.103 e. The molecular formula is C11H17N. The largest absolute Gasteiger partial charge is 0.446 e. The first-order valence-corrected chi connectivity index (χ1v) is 4.27. The van der Waals surface area contributed by atoms with Crippen LogP contribution in [0.15, 0.2) is 24.3 Å². The van der Waals surface area contributed by atoms with Gasteiger partial charge in [-0.25, -0.2) is 0 Å². The molecule has 1 aromatic carbocycles. The predicted octanol–water partition coefficient (Wildman–Crippen LogP) is 1.97. The van der Waals surface area contributed by atoms with Crippen LogP contribution in [0.5, 0.6) is 0 Å². The van der Waals surface area contributed by atoms with Crippen molar-refractivity contribution in [2.24, 2.45) is 0 Å². The summed E-state index contributed by atoms with van der Waals surface area (Å²) in [4.78, 5) is 0. The molecule has 0 radical (unpaired) electrons. The van der Waals surface area contributed by atoms with Gasteiger partial charge < -0.3 is 5.32 Å². The number of nitrogens with two attached hydrogens (primary N) is 1. The van der Waals surface area contributed by atoms with Gasteiger partial charge in [0, 0.05) is 0 Å². The van der Waals surface area contributed by atoms with Crippen molar-refractivity contribution in [2.45, 2.75) is 26.2 Å². The monoisotopic (exact) mass is 163 g/mol. The maximum Gasteiger partial charge on any atom is 0.103 e. The maximum atomic E-state index is 3.72. The van der Waals surface area contributed by atoms with Crippen molar-refractivity contribution in [1.29, 1.82) is 0 Å². The topological polar surface area (TPSA) is 16.6 Å². The molecule has 0 bridgehead atoms. The van der Waals surface area contributed by atoms with E-state index in [1.165, 1.54) is 11.3 Å². The zero-order valence-electron chi connectivity index (χ0n) is 8.09. The van der Waals surface area contributed by atoms with Crippen LogP contribution >= 0.6 is 0 Å². The Bertz CT molecular complexity index is 241. The Hall–Kier alpha value is -0.820. The summed E-state index contributed by atoms with van der Waals surface area (Å²) in [6.07, 6.45) is 0. The Balaban J connectivity index is 2.93. The van der Waals surface area contributed by atoms with Gasteiger partial charge in [0.2, 0.25) is 0 Å². The zero-order valence-corrected chi connectivity index (χ0v) is 8.09. The summed E-state index contributed by atoms with van der Waals surface area (Å²) < 4.78 is 0. The second kappa shape index (κ2) is 3.28. The van der Waals surface area contributed by atoms with Crippen LogP contribution in [0.4, 0.5) is 5.69 Å². The first-order valence-electron chi connectivity index (χ1n) is 4.27. The summed E-state index contributed by atoms with van der Waals surface area (Å²) in [5.41, 5.74) is 2.80. The lowest BCUT2D eigenvalue weighted by atomic mass is 9.87. The first-order chi connectivity index (χ1) is 5.54. The summed E-state index contributed by atoms with van der Waals surface area (Å²) >= 11 is 0. The molecule has 0 saturated heterocycles. The minimum absolute atomic E-state index is 0.250. The zero-order chi connectivity index (χ0) is 9.19. The fraction of sp³-hybridized carbons (Fsp3) is 0.364. The van der Waals surface area contributed by atoms with Gasteiger partial charge in [0.1, 0.15) is 5.69 Å². The highest BCUT2D eigenvalue weighted by Gasteiger charge is 2.12. The second-order valence-corrected chi connectivity index (χ2v) is 4.08. The summed E-state index contributed by atoms with van der Waals surface area (Å²) in [6, 6.07) is 8.54. The number of quaternary nitrogens is 1. The van der Waals surface area contributed by atoms with Crippen molar-refractivity contribution in [3.05, 3.63) is 36.9 Å². The van der Waals surface area contributed by atoms with Crippen LogP contribution in [-0.2, 0) is 5.41 Å². The van der Waals surface area contributed by atoms with Gasteiger partial charge in [0.25, 0.3) is 0 Å². The van der Waals surface area contributed by atoms with Gasteiger partial charge in [-0.1, -0.05) is 32.9 Å². The number of benzene rings is 1. The van der Waals surface area contributed by atoms with E-state index in [1.54, 1.807) is 0 Å². The fourth-order valence-electron chi connectivity index (χ4n) is 1.12. The molecule has 0 atom stereocenters. The van der Waals surface area contributed by atoms with E-state index in [-0.39, 0.29) is 5.41 Å². The molecule has 2 N–H and O–H groups in total. The van der Waals surface area contributed by atoms with E-state index in [4.69, 9.17) is 0 Å². The molecule has 1 nitrogen and oxygen atoms in total. The minimum Gasteiger partial charge on any atom is -0.446 e. The number of hydrogen-bond donors (Lipinski definition) is 1. The van der Waals surface area contributed by atoms with Crippen LogP contribution in [0, 0.1) is 7.05 Å². The quantitative estimate of drug-likeness (QED) is 0.481. The van der Waals surface area contributed by atoms with E-state index in [0.717, 1.165) is 0 Å². The molecule has 0 aromatic heterocycles. The van der Waals surface area contributed by atoms with Gasteiger partial charge in [-0.15, -0.1) is 7.05 Å². The van der Waals surface area contributed by atoms with Gasteiger partial charge in [-0.3, -0.25) is 0 Å². The third-order valence-corrected chi connectivity index (χ3v) is 2.01. The van der Waals surface area contributed by atoms with Gasteiger partial charge in [0.15, 0.2) is 0 Å². The Labute approximate surface area is 74.8 Å². The molecule has 0 heterocycles. The van der Waals surface area contributed by atoms with Crippen molar-refractivity contribution in [3.63, 3.8) is 0 Å². The Morgan fingerprint density at radius 1 is 1.08 bits per heavy atom. The number of hydrogen-bond acceptors (Lipinski definition) is 0. The number of rotatable bonds is 1. The SMILES string of the molecule is [CH2-][NH2+]c1ccc(C(C)(C)C)cc1. The molecule has 1 heteroatoms. The Kier molecular flexibility index (Phi) is 2.53. The lowest BCUT2D eigenvalue weighted by Crippen LogP contribution is -2.69. The molecule has 0 aliphatic rings. The van der Waals surface area contributed by atoms with E-state index < -0.39 is 0 Å². The van der Waals surface area contributed by atoms with E-state index in [2.05, 4.69) is 52.1 Å². The third-order valence-electron chi connectivity index (χ3n) is 2.01. The van der Waals surface area contributed by atoms with Crippen molar-refractivity contribution < 1.29 is 5.32 Å². The highest BCUT2D eigenvalue weighted by molar-refractivity contribution is 5.34. The van der Waals surface area contributed by atoms with Crippen LogP contribution in [0.2, 0.25) is 0 Å². The average Bonchev–Trinajstić information content (AvgIpc) is 2.03. The van der Waals surface area contributed by atoms with Gasteiger partial charge in [-0.2, -0.15) is 0 Å². The normalized spacial score (nSPS) is 11.7. The van der Waals surface area contributed by atoms with Crippen LogP contribution in [0.3, 0.4) is 0 Å². The molecule has 1 aromatic rings. The van der Waals surface area contributed by atoms with E-state index in [1.807, 2.05) is 5.32 Å². The third kappa shape index (κ3) is 2.08. The fourth-order valence-corrected chi connectivity index (χ4v) is 1.12.